The zero-order chi connectivity index (χ0) is 21.4. The predicted octanol–water partition coefficient (Wildman–Crippen LogP) is 3.65. The minimum Gasteiger partial charge on any atom is -0.493 e. The smallest absolute Gasteiger partial charge is 0.271 e. The van der Waals surface area contributed by atoms with Gasteiger partial charge in [0.2, 0.25) is 0 Å². The van der Waals surface area contributed by atoms with E-state index < -0.39 is 15.9 Å². The van der Waals surface area contributed by atoms with Crippen molar-refractivity contribution in [2.24, 2.45) is 5.10 Å². The van der Waals surface area contributed by atoms with E-state index in [-0.39, 0.29) is 4.90 Å². The zero-order valence-electron chi connectivity index (χ0n) is 16.3. The van der Waals surface area contributed by atoms with Crippen LogP contribution in [0.15, 0.2) is 88.9 Å². The highest BCUT2D eigenvalue weighted by Gasteiger charge is 2.13. The molecule has 0 heterocycles. The topological polar surface area (TPSA) is 96.9 Å². The Morgan fingerprint density at radius 1 is 0.967 bits per heavy atom. The van der Waals surface area contributed by atoms with Crippen molar-refractivity contribution >= 4 is 27.8 Å². The van der Waals surface area contributed by atoms with E-state index in [9.17, 15) is 13.2 Å². The first-order valence-electron chi connectivity index (χ1n) is 9.23. The third-order valence-corrected chi connectivity index (χ3v) is 5.44. The summed E-state index contributed by atoms with van der Waals surface area (Å²) in [6.45, 7) is 2.41. The summed E-state index contributed by atoms with van der Waals surface area (Å²) in [5.41, 5.74) is 3.88. The van der Waals surface area contributed by atoms with Gasteiger partial charge in [-0.15, -0.1) is 0 Å². The third kappa shape index (κ3) is 5.45. The lowest BCUT2D eigenvalue weighted by molar-refractivity contribution is 0.0955. The van der Waals surface area contributed by atoms with Crippen LogP contribution in [0.1, 0.15) is 22.8 Å². The van der Waals surface area contributed by atoms with Gasteiger partial charge in [-0.05, 0) is 55.5 Å². The molecule has 0 spiro atoms. The summed E-state index contributed by atoms with van der Waals surface area (Å²) in [7, 11) is -3.69. The molecule has 30 heavy (non-hydrogen) atoms. The molecule has 0 atom stereocenters. The molecule has 3 aromatic carbocycles. The molecule has 0 aliphatic carbocycles. The van der Waals surface area contributed by atoms with Gasteiger partial charge in [0.25, 0.3) is 15.9 Å². The van der Waals surface area contributed by atoms with E-state index >= 15 is 0 Å². The molecule has 0 saturated carbocycles. The average molecular weight is 423 g/mol. The largest absolute Gasteiger partial charge is 0.493 e. The molecule has 0 fully saturated rings. The van der Waals surface area contributed by atoms with Crippen LogP contribution in [0.4, 0.5) is 5.69 Å². The Morgan fingerprint density at radius 3 is 2.33 bits per heavy atom. The lowest BCUT2D eigenvalue weighted by Crippen LogP contribution is -2.18. The number of nitrogens with one attached hydrogen (secondary N) is 2. The molecular formula is C22H21N3O4S. The van der Waals surface area contributed by atoms with Crippen molar-refractivity contribution in [1.29, 1.82) is 0 Å². The van der Waals surface area contributed by atoms with Gasteiger partial charge in [0, 0.05) is 16.8 Å². The van der Waals surface area contributed by atoms with Gasteiger partial charge >= 0.3 is 0 Å². The molecule has 3 rings (SSSR count). The Balaban J connectivity index is 1.63. The summed E-state index contributed by atoms with van der Waals surface area (Å²) in [5, 5.41) is 3.97. The SMILES string of the molecule is CCOc1ccccc1/C=N\NC(=O)c1ccc(NS(=O)(=O)c2ccccc2)cc1. The molecule has 0 unspecified atom stereocenters. The molecule has 7 nitrogen and oxygen atoms in total. The van der Waals surface area contributed by atoms with Crippen LogP contribution in [0.25, 0.3) is 0 Å². The summed E-state index contributed by atoms with van der Waals surface area (Å²) in [4.78, 5) is 12.4. The van der Waals surface area contributed by atoms with Gasteiger partial charge in [-0.2, -0.15) is 5.10 Å². The number of carbonyl (C=O) groups is 1. The molecule has 8 heteroatoms. The monoisotopic (exact) mass is 423 g/mol. The van der Waals surface area contributed by atoms with E-state index in [1.807, 2.05) is 31.2 Å². The van der Waals surface area contributed by atoms with E-state index in [0.29, 0.717) is 23.6 Å². The number of ether oxygens (including phenoxy) is 1. The summed E-state index contributed by atoms with van der Waals surface area (Å²) in [6, 6.07) is 21.5. The number of sulfonamides is 1. The molecule has 0 aliphatic heterocycles. The van der Waals surface area contributed by atoms with Gasteiger partial charge in [0.05, 0.1) is 17.7 Å². The first kappa shape index (κ1) is 21.1. The number of hydrogen-bond acceptors (Lipinski definition) is 5. The lowest BCUT2D eigenvalue weighted by atomic mass is 10.2. The van der Waals surface area contributed by atoms with Crippen molar-refractivity contribution in [1.82, 2.24) is 5.43 Å². The Hall–Kier alpha value is -3.65. The number of rotatable bonds is 8. The molecule has 1 amide bonds. The highest BCUT2D eigenvalue weighted by molar-refractivity contribution is 7.92. The van der Waals surface area contributed by atoms with Gasteiger partial charge in [-0.25, -0.2) is 13.8 Å². The van der Waals surface area contributed by atoms with Crippen LogP contribution < -0.4 is 14.9 Å². The summed E-state index contributed by atoms with van der Waals surface area (Å²) >= 11 is 0. The second-order valence-electron chi connectivity index (χ2n) is 6.17. The van der Waals surface area contributed by atoms with Crippen LogP contribution in [-0.2, 0) is 10.0 Å². The molecular weight excluding hydrogens is 402 g/mol. The summed E-state index contributed by atoms with van der Waals surface area (Å²) < 4.78 is 32.7. The standard InChI is InChI=1S/C22H21N3O4S/c1-2-29-21-11-7-6-8-18(21)16-23-24-22(26)17-12-14-19(15-13-17)25-30(27,28)20-9-4-3-5-10-20/h3-16,25H,2H2,1H3,(H,24,26)/b23-16-. The number of hydrogen-bond donors (Lipinski definition) is 2. The minimum absolute atomic E-state index is 0.161. The van der Waals surface area contributed by atoms with Crippen molar-refractivity contribution < 1.29 is 17.9 Å². The van der Waals surface area contributed by atoms with Gasteiger partial charge in [0.1, 0.15) is 5.75 Å². The molecule has 0 aliphatic rings. The Bertz CT molecular complexity index is 1130. The maximum Gasteiger partial charge on any atom is 0.271 e. The number of nitrogens with zero attached hydrogens (tertiary/aromatic N) is 1. The van der Waals surface area contributed by atoms with Crippen molar-refractivity contribution in [3.63, 3.8) is 0 Å². The number of amides is 1. The van der Waals surface area contributed by atoms with Crippen molar-refractivity contribution in [2.75, 3.05) is 11.3 Å². The Labute approximate surface area is 175 Å². The van der Waals surface area contributed by atoms with Crippen LogP contribution in [0.2, 0.25) is 0 Å². The normalized spacial score (nSPS) is 11.2. The number of benzene rings is 3. The van der Waals surface area contributed by atoms with Crippen LogP contribution in [0.3, 0.4) is 0 Å². The fourth-order valence-electron chi connectivity index (χ4n) is 2.60. The van der Waals surface area contributed by atoms with Gasteiger partial charge in [-0.1, -0.05) is 30.3 Å². The summed E-state index contributed by atoms with van der Waals surface area (Å²) in [5.74, 6) is 0.255. The maximum absolute atomic E-state index is 12.4. The van der Waals surface area contributed by atoms with Gasteiger partial charge < -0.3 is 4.74 Å². The zero-order valence-corrected chi connectivity index (χ0v) is 17.1. The first-order valence-corrected chi connectivity index (χ1v) is 10.7. The Kier molecular flexibility index (Phi) is 6.82. The van der Waals surface area contributed by atoms with Gasteiger partial charge in [0.15, 0.2) is 0 Å². The molecule has 0 bridgehead atoms. The number of hydrazone groups is 1. The average Bonchev–Trinajstić information content (AvgIpc) is 2.76. The van der Waals surface area contributed by atoms with Crippen molar-refractivity contribution in [2.45, 2.75) is 11.8 Å². The highest BCUT2D eigenvalue weighted by Crippen LogP contribution is 2.17. The van der Waals surface area contributed by atoms with Crippen molar-refractivity contribution in [3.05, 3.63) is 90.0 Å². The van der Waals surface area contributed by atoms with Crippen LogP contribution >= 0.6 is 0 Å². The van der Waals surface area contributed by atoms with Crippen molar-refractivity contribution in [3.8, 4) is 5.75 Å². The molecule has 154 valence electrons. The molecule has 2 N–H and O–H groups in total. The number of para-hydroxylation sites is 1. The molecule has 0 saturated heterocycles. The fraction of sp³-hybridized carbons (Fsp3) is 0.0909. The van der Waals surface area contributed by atoms with E-state index in [4.69, 9.17) is 4.74 Å². The van der Waals surface area contributed by atoms with E-state index in [1.165, 1.54) is 42.6 Å². The molecule has 0 aromatic heterocycles. The number of anilines is 1. The highest BCUT2D eigenvalue weighted by atomic mass is 32.2. The second-order valence-corrected chi connectivity index (χ2v) is 7.85. The van der Waals surface area contributed by atoms with Gasteiger partial charge in [-0.3, -0.25) is 9.52 Å². The fourth-order valence-corrected chi connectivity index (χ4v) is 3.68. The minimum atomic E-state index is -3.69. The maximum atomic E-state index is 12.4. The van der Waals surface area contributed by atoms with Crippen LogP contribution in [0.5, 0.6) is 5.75 Å². The van der Waals surface area contributed by atoms with Crippen LogP contribution in [-0.4, -0.2) is 27.1 Å². The molecule has 3 aromatic rings. The summed E-state index contributed by atoms with van der Waals surface area (Å²) in [6.07, 6.45) is 1.51. The second kappa shape index (κ2) is 9.71. The van der Waals surface area contributed by atoms with E-state index in [2.05, 4.69) is 15.2 Å². The number of carbonyl (C=O) groups excluding carboxylic acids is 1. The quantitative estimate of drug-likeness (QED) is 0.427. The lowest BCUT2D eigenvalue weighted by Gasteiger charge is -2.08. The van der Waals surface area contributed by atoms with E-state index in [0.717, 1.165) is 5.56 Å². The Morgan fingerprint density at radius 2 is 1.63 bits per heavy atom. The van der Waals surface area contributed by atoms with E-state index in [1.54, 1.807) is 18.2 Å². The predicted molar refractivity (Wildman–Crippen MR) is 116 cm³/mol. The molecule has 0 radical (unpaired) electrons. The first-order chi connectivity index (χ1) is 14.5. The van der Waals surface area contributed by atoms with Crippen LogP contribution in [0, 0.1) is 0 Å². The third-order valence-electron chi connectivity index (χ3n) is 4.04.